The molecule has 0 spiro atoms. The molecule has 2 heterocycles. The van der Waals surface area contributed by atoms with Crippen LogP contribution in [-0.2, 0) is 0 Å². The predicted octanol–water partition coefficient (Wildman–Crippen LogP) is 1.27. The van der Waals surface area contributed by atoms with Crippen LogP contribution in [0.1, 0.15) is 26.7 Å². The van der Waals surface area contributed by atoms with E-state index < -0.39 is 0 Å². The Labute approximate surface area is 99.0 Å². The number of nitrogens with one attached hydrogen (secondary N) is 2. The molecule has 0 aliphatic rings. The molecule has 2 aromatic rings. The molecule has 0 aliphatic carbocycles. The van der Waals surface area contributed by atoms with E-state index in [0.29, 0.717) is 17.4 Å². The van der Waals surface area contributed by atoms with Crippen LogP contribution in [0.3, 0.4) is 0 Å². The highest BCUT2D eigenvalue weighted by Crippen LogP contribution is 2.09. The number of fused-ring (bicyclic) bond motifs is 1. The van der Waals surface area contributed by atoms with E-state index in [1.807, 2.05) is 6.07 Å². The van der Waals surface area contributed by atoms with Crippen molar-refractivity contribution in [2.45, 2.75) is 26.7 Å². The fraction of sp³-hybridized carbons (Fsp3) is 0.545. The van der Waals surface area contributed by atoms with E-state index in [2.05, 4.69) is 34.5 Å². The number of hydrogen-bond donors (Lipinski definition) is 2. The van der Waals surface area contributed by atoms with Crippen molar-refractivity contribution in [3.63, 3.8) is 0 Å². The minimum absolute atomic E-state index is 0.314. The summed E-state index contributed by atoms with van der Waals surface area (Å²) in [6.07, 6.45) is 2.27. The van der Waals surface area contributed by atoms with Crippen LogP contribution in [0.25, 0.3) is 5.65 Å². The molecule has 2 N–H and O–H groups in total. The molecule has 0 aromatic carbocycles. The molecular weight excluding hydrogens is 218 g/mol. The average Bonchev–Trinajstić information content (AvgIpc) is 2.72. The zero-order valence-electron chi connectivity index (χ0n) is 10.1. The minimum Gasteiger partial charge on any atom is -0.368 e. The molecule has 2 rings (SSSR count). The standard InChI is InChI=1S/C11H17N5O/c1-3-8(4-2)7-12-9-5-6-10-13-14-11(17)16(10)15-9/h5-6,8H,3-4,7H2,1-2H3,(H,12,15)(H,14,17). The molecule has 0 radical (unpaired) electrons. The zero-order valence-corrected chi connectivity index (χ0v) is 10.1. The SMILES string of the molecule is CCC(CC)CNc1ccc2n[nH]c(=O)n2n1. The normalized spacial score (nSPS) is 11.2. The van der Waals surface area contributed by atoms with Gasteiger partial charge in [-0.05, 0) is 18.1 Å². The van der Waals surface area contributed by atoms with Crippen LogP contribution in [0.2, 0.25) is 0 Å². The predicted molar refractivity (Wildman–Crippen MR) is 66.2 cm³/mol. The van der Waals surface area contributed by atoms with Crippen molar-refractivity contribution in [1.29, 1.82) is 0 Å². The van der Waals surface area contributed by atoms with Crippen molar-refractivity contribution in [2.75, 3.05) is 11.9 Å². The van der Waals surface area contributed by atoms with Gasteiger partial charge >= 0.3 is 5.69 Å². The molecule has 0 saturated carbocycles. The second kappa shape index (κ2) is 4.99. The number of H-pyrrole nitrogens is 1. The van der Waals surface area contributed by atoms with Gasteiger partial charge in [-0.1, -0.05) is 26.7 Å². The van der Waals surface area contributed by atoms with Gasteiger partial charge in [0, 0.05) is 6.54 Å². The van der Waals surface area contributed by atoms with Crippen LogP contribution >= 0.6 is 0 Å². The summed E-state index contributed by atoms with van der Waals surface area (Å²) in [6, 6.07) is 3.60. The third-order valence-electron chi connectivity index (χ3n) is 3.00. The molecule has 0 bridgehead atoms. The Morgan fingerprint density at radius 2 is 2.18 bits per heavy atom. The first-order valence-electron chi connectivity index (χ1n) is 5.93. The highest BCUT2D eigenvalue weighted by Gasteiger charge is 2.05. The van der Waals surface area contributed by atoms with Crippen LogP contribution in [0.4, 0.5) is 5.82 Å². The number of nitrogens with zero attached hydrogens (tertiary/aromatic N) is 3. The monoisotopic (exact) mass is 235 g/mol. The van der Waals surface area contributed by atoms with Crippen molar-refractivity contribution < 1.29 is 0 Å². The molecule has 6 heteroatoms. The van der Waals surface area contributed by atoms with Gasteiger partial charge in [0.25, 0.3) is 0 Å². The molecule has 2 aromatic heterocycles. The first kappa shape index (κ1) is 11.6. The summed E-state index contributed by atoms with van der Waals surface area (Å²) in [4.78, 5) is 11.3. The summed E-state index contributed by atoms with van der Waals surface area (Å²) in [6.45, 7) is 5.22. The number of hydrogen-bond acceptors (Lipinski definition) is 4. The van der Waals surface area contributed by atoms with E-state index >= 15 is 0 Å². The summed E-state index contributed by atoms with van der Waals surface area (Å²) in [5.74, 6) is 1.33. The topological polar surface area (TPSA) is 75.1 Å². The maximum atomic E-state index is 11.3. The summed E-state index contributed by atoms with van der Waals surface area (Å²) in [5.41, 5.74) is 0.217. The maximum absolute atomic E-state index is 11.3. The lowest BCUT2D eigenvalue weighted by Gasteiger charge is -2.13. The third-order valence-corrected chi connectivity index (χ3v) is 3.00. The van der Waals surface area contributed by atoms with Crippen molar-refractivity contribution in [1.82, 2.24) is 19.8 Å². The first-order chi connectivity index (χ1) is 8.24. The van der Waals surface area contributed by atoms with Gasteiger partial charge in [-0.3, -0.25) is 0 Å². The smallest absolute Gasteiger partial charge is 0.364 e. The lowest BCUT2D eigenvalue weighted by molar-refractivity contribution is 0.518. The largest absolute Gasteiger partial charge is 0.368 e. The van der Waals surface area contributed by atoms with E-state index in [0.717, 1.165) is 19.4 Å². The second-order valence-corrected chi connectivity index (χ2v) is 4.08. The van der Waals surface area contributed by atoms with Crippen LogP contribution < -0.4 is 11.0 Å². The van der Waals surface area contributed by atoms with E-state index in [9.17, 15) is 4.79 Å². The van der Waals surface area contributed by atoms with Crippen molar-refractivity contribution >= 4 is 11.5 Å². The van der Waals surface area contributed by atoms with Gasteiger partial charge in [0.2, 0.25) is 0 Å². The van der Waals surface area contributed by atoms with E-state index in [1.165, 1.54) is 4.52 Å². The van der Waals surface area contributed by atoms with Crippen LogP contribution in [0.5, 0.6) is 0 Å². The van der Waals surface area contributed by atoms with Gasteiger partial charge in [0.1, 0.15) is 5.82 Å². The molecule has 0 aliphatic heterocycles. The molecular formula is C11H17N5O. The maximum Gasteiger partial charge on any atom is 0.364 e. The molecule has 17 heavy (non-hydrogen) atoms. The summed E-state index contributed by atoms with van der Waals surface area (Å²) >= 11 is 0. The summed E-state index contributed by atoms with van der Waals surface area (Å²) in [5, 5.41) is 13.6. The lowest BCUT2D eigenvalue weighted by atomic mass is 10.0. The Balaban J connectivity index is 2.13. The number of aromatic nitrogens is 4. The molecule has 0 amide bonds. The number of rotatable bonds is 5. The van der Waals surface area contributed by atoms with Gasteiger partial charge in [0.15, 0.2) is 5.65 Å². The van der Waals surface area contributed by atoms with E-state index in [1.54, 1.807) is 6.07 Å². The van der Waals surface area contributed by atoms with Gasteiger partial charge in [-0.15, -0.1) is 5.10 Å². The van der Waals surface area contributed by atoms with Crippen LogP contribution in [0, 0.1) is 5.92 Å². The Hall–Kier alpha value is -1.85. The van der Waals surface area contributed by atoms with Gasteiger partial charge < -0.3 is 5.32 Å². The van der Waals surface area contributed by atoms with E-state index in [4.69, 9.17) is 0 Å². The zero-order chi connectivity index (χ0) is 12.3. The fourth-order valence-corrected chi connectivity index (χ4v) is 1.72. The van der Waals surface area contributed by atoms with Gasteiger partial charge in [0.05, 0.1) is 0 Å². The Morgan fingerprint density at radius 1 is 1.41 bits per heavy atom. The highest BCUT2D eigenvalue weighted by molar-refractivity contribution is 5.42. The van der Waals surface area contributed by atoms with Crippen LogP contribution in [0.15, 0.2) is 16.9 Å². The average molecular weight is 235 g/mol. The fourth-order valence-electron chi connectivity index (χ4n) is 1.72. The summed E-state index contributed by atoms with van der Waals surface area (Å²) in [7, 11) is 0. The molecule has 6 nitrogen and oxygen atoms in total. The quantitative estimate of drug-likeness (QED) is 0.818. The number of anilines is 1. The molecule has 0 saturated heterocycles. The first-order valence-corrected chi connectivity index (χ1v) is 5.93. The second-order valence-electron chi connectivity index (χ2n) is 4.08. The van der Waals surface area contributed by atoms with Crippen molar-refractivity contribution in [3.8, 4) is 0 Å². The van der Waals surface area contributed by atoms with Crippen molar-refractivity contribution in [2.24, 2.45) is 5.92 Å². The van der Waals surface area contributed by atoms with Crippen molar-refractivity contribution in [3.05, 3.63) is 22.6 Å². The third kappa shape index (κ3) is 2.46. The minimum atomic E-state index is -0.314. The molecule has 92 valence electrons. The Kier molecular flexibility index (Phi) is 3.41. The number of aromatic amines is 1. The molecule has 0 unspecified atom stereocenters. The van der Waals surface area contributed by atoms with Gasteiger partial charge in [-0.25, -0.2) is 9.89 Å². The van der Waals surface area contributed by atoms with Crippen LogP contribution in [-0.4, -0.2) is 26.4 Å². The summed E-state index contributed by atoms with van der Waals surface area (Å²) < 4.78 is 1.26. The lowest BCUT2D eigenvalue weighted by Crippen LogP contribution is -2.17. The molecule has 0 atom stereocenters. The Morgan fingerprint density at radius 3 is 2.88 bits per heavy atom. The van der Waals surface area contributed by atoms with E-state index in [-0.39, 0.29) is 5.69 Å². The van der Waals surface area contributed by atoms with Gasteiger partial charge in [-0.2, -0.15) is 9.61 Å². The highest BCUT2D eigenvalue weighted by atomic mass is 16.2. The molecule has 0 fully saturated rings. The Bertz CT molecular complexity index is 540.